The lowest BCUT2D eigenvalue weighted by molar-refractivity contribution is 0.0240. The average Bonchev–Trinajstić information content (AvgIpc) is 3.04. The molecule has 3 aliphatic rings. The van der Waals surface area contributed by atoms with Gasteiger partial charge < -0.3 is 10.1 Å². The van der Waals surface area contributed by atoms with Gasteiger partial charge in [0.25, 0.3) is 0 Å². The Balaban J connectivity index is 1.47. The van der Waals surface area contributed by atoms with Crippen LogP contribution in [-0.4, -0.2) is 25.8 Å². The molecule has 2 saturated carbocycles. The fourth-order valence-corrected chi connectivity index (χ4v) is 5.06. The summed E-state index contributed by atoms with van der Waals surface area (Å²) in [7, 11) is 0. The van der Waals surface area contributed by atoms with Crippen LogP contribution in [0.15, 0.2) is 24.3 Å². The number of nitrogens with one attached hydrogen (secondary N) is 1. The van der Waals surface area contributed by atoms with Crippen LogP contribution in [-0.2, 0) is 4.74 Å². The molecule has 1 aromatic carbocycles. The Morgan fingerprint density at radius 3 is 2.55 bits per heavy atom. The molecule has 2 nitrogen and oxygen atoms in total. The fourth-order valence-electron chi connectivity index (χ4n) is 4.93. The molecule has 1 aliphatic heterocycles. The minimum absolute atomic E-state index is 0.659. The van der Waals surface area contributed by atoms with Gasteiger partial charge in [0.05, 0.1) is 6.61 Å². The van der Waals surface area contributed by atoms with Gasteiger partial charge in [0.15, 0.2) is 0 Å². The van der Waals surface area contributed by atoms with Crippen LogP contribution in [0.25, 0.3) is 0 Å². The van der Waals surface area contributed by atoms with E-state index < -0.39 is 0 Å². The molecule has 0 aromatic heterocycles. The summed E-state index contributed by atoms with van der Waals surface area (Å²) in [6.45, 7) is 3.01. The van der Waals surface area contributed by atoms with Crippen LogP contribution in [0, 0.1) is 17.8 Å². The zero-order chi connectivity index (χ0) is 14.9. The maximum Gasteiger partial charge on any atom is 0.0507 e. The van der Waals surface area contributed by atoms with E-state index in [1.165, 1.54) is 37.7 Å². The summed E-state index contributed by atoms with van der Waals surface area (Å²) in [5, 5.41) is 4.75. The Morgan fingerprint density at radius 2 is 1.82 bits per heavy atom. The molecule has 2 aliphatic carbocycles. The summed E-state index contributed by atoms with van der Waals surface area (Å²) in [5.74, 6) is 3.17. The van der Waals surface area contributed by atoms with Gasteiger partial charge in [-0.3, -0.25) is 0 Å². The first-order valence-electron chi connectivity index (χ1n) is 8.89. The van der Waals surface area contributed by atoms with Crippen molar-refractivity contribution in [3.63, 3.8) is 0 Å². The summed E-state index contributed by atoms with van der Waals surface area (Å²) < 4.78 is 5.52. The molecule has 120 valence electrons. The first kappa shape index (κ1) is 15.0. The maximum absolute atomic E-state index is 6.07. The highest BCUT2D eigenvalue weighted by Crippen LogP contribution is 2.54. The predicted octanol–water partition coefficient (Wildman–Crippen LogP) is 4.24. The Labute approximate surface area is 138 Å². The van der Waals surface area contributed by atoms with E-state index in [4.69, 9.17) is 16.3 Å². The number of halogens is 1. The number of hydrogen-bond acceptors (Lipinski definition) is 2. The zero-order valence-electron chi connectivity index (χ0n) is 13.1. The molecule has 4 rings (SSSR count). The summed E-state index contributed by atoms with van der Waals surface area (Å²) in [6, 6.07) is 9.24. The largest absolute Gasteiger partial charge is 0.381 e. The van der Waals surface area contributed by atoms with Gasteiger partial charge in [-0.15, -0.1) is 0 Å². The molecule has 0 radical (unpaired) electrons. The topological polar surface area (TPSA) is 21.3 Å². The number of ether oxygens (including phenoxy) is 1. The first-order chi connectivity index (χ1) is 10.8. The predicted molar refractivity (Wildman–Crippen MR) is 90.4 cm³/mol. The zero-order valence-corrected chi connectivity index (χ0v) is 13.9. The number of hydrogen-bond donors (Lipinski definition) is 1. The maximum atomic E-state index is 6.07. The van der Waals surface area contributed by atoms with Crippen molar-refractivity contribution in [3.05, 3.63) is 34.9 Å². The average molecular weight is 320 g/mol. The van der Waals surface area contributed by atoms with Gasteiger partial charge >= 0.3 is 0 Å². The number of rotatable bonds is 4. The Hall–Kier alpha value is -0.570. The smallest absolute Gasteiger partial charge is 0.0507 e. The lowest BCUT2D eigenvalue weighted by atomic mass is 9.53. The molecule has 3 fully saturated rings. The van der Waals surface area contributed by atoms with E-state index in [1.54, 1.807) is 0 Å². The van der Waals surface area contributed by atoms with Crippen LogP contribution in [0.3, 0.4) is 0 Å². The molecule has 1 N–H and O–H groups in total. The Bertz CT molecular complexity index is 497. The highest BCUT2D eigenvalue weighted by molar-refractivity contribution is 6.30. The van der Waals surface area contributed by atoms with Crippen molar-refractivity contribution in [2.24, 2.45) is 17.8 Å². The van der Waals surface area contributed by atoms with Gasteiger partial charge in [-0.1, -0.05) is 36.6 Å². The molecule has 3 heteroatoms. The van der Waals surface area contributed by atoms with Crippen molar-refractivity contribution in [2.75, 3.05) is 19.8 Å². The second-order valence-corrected chi connectivity index (χ2v) is 7.79. The van der Waals surface area contributed by atoms with Crippen molar-refractivity contribution in [1.29, 1.82) is 0 Å². The van der Waals surface area contributed by atoms with Crippen molar-refractivity contribution in [1.82, 2.24) is 5.32 Å². The second kappa shape index (κ2) is 6.51. The van der Waals surface area contributed by atoms with E-state index in [1.807, 2.05) is 0 Å². The fraction of sp³-hybridized carbons (Fsp3) is 0.684. The molecular formula is C19H26ClNO. The van der Waals surface area contributed by atoms with Crippen LogP contribution in [0.4, 0.5) is 0 Å². The monoisotopic (exact) mass is 319 g/mol. The van der Waals surface area contributed by atoms with E-state index in [0.29, 0.717) is 17.9 Å². The molecule has 1 heterocycles. The third-order valence-corrected chi connectivity index (χ3v) is 6.36. The molecule has 0 spiro atoms. The lowest BCUT2D eigenvalue weighted by Gasteiger charge is -2.55. The van der Waals surface area contributed by atoms with Crippen molar-refractivity contribution >= 4 is 11.6 Å². The molecule has 0 amide bonds. The number of benzene rings is 1. The quantitative estimate of drug-likeness (QED) is 0.896. The summed E-state index contributed by atoms with van der Waals surface area (Å²) >= 11 is 6.07. The van der Waals surface area contributed by atoms with Crippen LogP contribution in [0.1, 0.15) is 43.6 Å². The van der Waals surface area contributed by atoms with Crippen molar-refractivity contribution in [2.45, 2.75) is 44.1 Å². The summed E-state index contributed by atoms with van der Waals surface area (Å²) in [6.07, 6.45) is 6.86. The van der Waals surface area contributed by atoms with Crippen LogP contribution < -0.4 is 5.32 Å². The second-order valence-electron chi connectivity index (χ2n) is 7.35. The van der Waals surface area contributed by atoms with E-state index >= 15 is 0 Å². The van der Waals surface area contributed by atoms with Gasteiger partial charge in [-0.25, -0.2) is 0 Å². The normalized spacial score (nSPS) is 37.6. The standard InChI is InChI=1S/C19H26ClNO/c20-15-7-5-14(6-8-15)18-16-3-1-2-4-17(16)19(18)21-11-13-9-10-22-12-13/h5-8,13,16-19,21H,1-4,9-12H2/t13-,16-,17+,18-,19-/m0/s1. The molecule has 5 atom stereocenters. The van der Waals surface area contributed by atoms with Gasteiger partial charge in [0.1, 0.15) is 0 Å². The molecule has 22 heavy (non-hydrogen) atoms. The highest BCUT2D eigenvalue weighted by atomic mass is 35.5. The Morgan fingerprint density at radius 1 is 1.05 bits per heavy atom. The molecule has 0 bridgehead atoms. The SMILES string of the molecule is Clc1ccc([C@H]2[C@H]3CCCC[C@H]3[C@@H]2NC[C@@H]2CCOC2)cc1. The van der Waals surface area contributed by atoms with Crippen molar-refractivity contribution in [3.8, 4) is 0 Å². The van der Waals surface area contributed by atoms with E-state index in [0.717, 1.165) is 36.6 Å². The van der Waals surface area contributed by atoms with Gasteiger partial charge in [-0.05, 0) is 54.7 Å². The van der Waals surface area contributed by atoms with Crippen LogP contribution in [0.2, 0.25) is 5.02 Å². The summed E-state index contributed by atoms with van der Waals surface area (Å²) in [4.78, 5) is 0. The van der Waals surface area contributed by atoms with Crippen LogP contribution >= 0.6 is 11.6 Å². The van der Waals surface area contributed by atoms with Crippen LogP contribution in [0.5, 0.6) is 0 Å². The van der Waals surface area contributed by atoms with Gasteiger partial charge in [-0.2, -0.15) is 0 Å². The molecular weight excluding hydrogens is 294 g/mol. The van der Waals surface area contributed by atoms with Crippen molar-refractivity contribution < 1.29 is 4.74 Å². The van der Waals surface area contributed by atoms with E-state index in [2.05, 4.69) is 29.6 Å². The van der Waals surface area contributed by atoms with E-state index in [-0.39, 0.29) is 0 Å². The lowest BCUT2D eigenvalue weighted by Crippen LogP contribution is -2.58. The minimum atomic E-state index is 0.659. The highest BCUT2D eigenvalue weighted by Gasteiger charge is 2.50. The summed E-state index contributed by atoms with van der Waals surface area (Å²) in [5.41, 5.74) is 1.48. The molecule has 0 unspecified atom stereocenters. The van der Waals surface area contributed by atoms with Gasteiger partial charge in [0.2, 0.25) is 0 Å². The number of fused-ring (bicyclic) bond motifs is 1. The molecule has 1 saturated heterocycles. The van der Waals surface area contributed by atoms with Gasteiger partial charge in [0, 0.05) is 30.1 Å². The molecule has 1 aromatic rings. The minimum Gasteiger partial charge on any atom is -0.381 e. The van der Waals surface area contributed by atoms with E-state index in [9.17, 15) is 0 Å². The third-order valence-electron chi connectivity index (χ3n) is 6.11. The first-order valence-corrected chi connectivity index (χ1v) is 9.27. The Kier molecular flexibility index (Phi) is 4.43. The third kappa shape index (κ3) is 2.81.